The molecule has 3 nitrogen and oxygen atoms in total. The van der Waals surface area contributed by atoms with Gasteiger partial charge in [-0.15, -0.1) is 0 Å². The number of benzene rings is 1. The topological polar surface area (TPSA) is 44.5 Å². The normalized spacial score (nSPS) is 24.4. The monoisotopic (exact) mass is 263 g/mol. The summed E-state index contributed by atoms with van der Waals surface area (Å²) in [5.74, 6) is 1.53. The molecule has 1 aromatic carbocycles. The average Bonchev–Trinajstić information content (AvgIpc) is 2.93. The highest BCUT2D eigenvalue weighted by molar-refractivity contribution is 5.29. The minimum absolute atomic E-state index is 0.197. The minimum atomic E-state index is 0.197. The van der Waals surface area contributed by atoms with E-state index in [4.69, 9.17) is 15.2 Å². The molecule has 1 aliphatic rings. The minimum Gasteiger partial charge on any atom is -0.491 e. The van der Waals surface area contributed by atoms with Gasteiger partial charge >= 0.3 is 0 Å². The molecular formula is C16H25NO2. The van der Waals surface area contributed by atoms with Crippen molar-refractivity contribution in [2.45, 2.75) is 51.2 Å². The number of nitrogens with two attached hydrogens (primary N) is 1. The van der Waals surface area contributed by atoms with Crippen molar-refractivity contribution >= 4 is 0 Å². The van der Waals surface area contributed by atoms with E-state index in [9.17, 15) is 0 Å². The fraction of sp³-hybridized carbons (Fsp3) is 0.625. The Hall–Kier alpha value is -1.06. The maximum atomic E-state index is 5.79. The van der Waals surface area contributed by atoms with Crippen LogP contribution in [0.2, 0.25) is 0 Å². The van der Waals surface area contributed by atoms with Crippen LogP contribution in [0.15, 0.2) is 24.3 Å². The van der Waals surface area contributed by atoms with E-state index < -0.39 is 0 Å². The number of hydrogen-bond donors (Lipinski definition) is 1. The van der Waals surface area contributed by atoms with Crippen LogP contribution in [0.4, 0.5) is 0 Å². The van der Waals surface area contributed by atoms with Crippen LogP contribution in [0.1, 0.15) is 44.6 Å². The SMILES string of the molecule is CCC(C)c1ccc(OCC2CCC(CN)O2)cc1. The van der Waals surface area contributed by atoms with Gasteiger partial charge in [0.1, 0.15) is 12.4 Å². The molecule has 3 unspecified atom stereocenters. The molecule has 1 aromatic rings. The Labute approximate surface area is 116 Å². The summed E-state index contributed by atoms with van der Waals surface area (Å²) in [7, 11) is 0. The molecule has 1 heterocycles. The molecule has 1 fully saturated rings. The van der Waals surface area contributed by atoms with Crippen molar-refractivity contribution in [3.63, 3.8) is 0 Å². The summed E-state index contributed by atoms with van der Waals surface area (Å²) in [5.41, 5.74) is 6.97. The third-order valence-corrected chi connectivity index (χ3v) is 3.96. The fourth-order valence-electron chi connectivity index (χ4n) is 2.39. The van der Waals surface area contributed by atoms with Crippen LogP contribution in [0, 0.1) is 0 Å². The van der Waals surface area contributed by atoms with Crippen molar-refractivity contribution in [2.75, 3.05) is 13.2 Å². The fourth-order valence-corrected chi connectivity index (χ4v) is 2.39. The first-order chi connectivity index (χ1) is 9.22. The smallest absolute Gasteiger partial charge is 0.119 e. The van der Waals surface area contributed by atoms with Crippen LogP contribution in [0.3, 0.4) is 0 Å². The van der Waals surface area contributed by atoms with Crippen LogP contribution >= 0.6 is 0 Å². The summed E-state index contributed by atoms with van der Waals surface area (Å²) in [6.45, 7) is 5.69. The second-order valence-corrected chi connectivity index (χ2v) is 5.38. The highest BCUT2D eigenvalue weighted by atomic mass is 16.5. The molecule has 0 spiro atoms. The van der Waals surface area contributed by atoms with Crippen LogP contribution < -0.4 is 10.5 Å². The number of hydrogen-bond acceptors (Lipinski definition) is 3. The van der Waals surface area contributed by atoms with Crippen LogP contribution in [-0.4, -0.2) is 25.4 Å². The molecule has 0 aromatic heterocycles. The molecule has 1 saturated heterocycles. The van der Waals surface area contributed by atoms with Crippen LogP contribution in [0.25, 0.3) is 0 Å². The molecular weight excluding hydrogens is 238 g/mol. The van der Waals surface area contributed by atoms with E-state index in [0.29, 0.717) is 19.1 Å². The second-order valence-electron chi connectivity index (χ2n) is 5.38. The quantitative estimate of drug-likeness (QED) is 0.857. The lowest BCUT2D eigenvalue weighted by atomic mass is 9.99. The summed E-state index contributed by atoms with van der Waals surface area (Å²) in [4.78, 5) is 0. The predicted octanol–water partition coefficient (Wildman–Crippen LogP) is 3.09. The Morgan fingerprint density at radius 3 is 2.53 bits per heavy atom. The van der Waals surface area contributed by atoms with Crippen molar-refractivity contribution in [1.82, 2.24) is 0 Å². The maximum absolute atomic E-state index is 5.79. The van der Waals surface area contributed by atoms with Gasteiger partial charge in [-0.25, -0.2) is 0 Å². The molecule has 0 aliphatic carbocycles. The summed E-state index contributed by atoms with van der Waals surface area (Å²) in [6, 6.07) is 8.41. The lowest BCUT2D eigenvalue weighted by Gasteiger charge is -2.14. The molecule has 3 heteroatoms. The third kappa shape index (κ3) is 3.95. The van der Waals surface area contributed by atoms with Crippen molar-refractivity contribution in [3.8, 4) is 5.75 Å². The highest BCUT2D eigenvalue weighted by Crippen LogP contribution is 2.23. The largest absolute Gasteiger partial charge is 0.491 e. The lowest BCUT2D eigenvalue weighted by molar-refractivity contribution is 0.0222. The Morgan fingerprint density at radius 2 is 1.95 bits per heavy atom. The van der Waals surface area contributed by atoms with Gasteiger partial charge < -0.3 is 15.2 Å². The Balaban J connectivity index is 1.80. The van der Waals surface area contributed by atoms with Gasteiger partial charge in [-0.05, 0) is 42.9 Å². The highest BCUT2D eigenvalue weighted by Gasteiger charge is 2.24. The van der Waals surface area contributed by atoms with Crippen molar-refractivity contribution in [3.05, 3.63) is 29.8 Å². The third-order valence-electron chi connectivity index (χ3n) is 3.96. The molecule has 2 rings (SSSR count). The maximum Gasteiger partial charge on any atom is 0.119 e. The first-order valence-corrected chi connectivity index (χ1v) is 7.31. The van der Waals surface area contributed by atoms with Crippen molar-refractivity contribution in [2.24, 2.45) is 5.73 Å². The van der Waals surface area contributed by atoms with Gasteiger partial charge in [-0.1, -0.05) is 26.0 Å². The number of ether oxygens (including phenoxy) is 2. The summed E-state index contributed by atoms with van der Waals surface area (Å²) < 4.78 is 11.5. The van der Waals surface area contributed by atoms with Gasteiger partial charge in [0.2, 0.25) is 0 Å². The molecule has 0 saturated carbocycles. The van der Waals surface area contributed by atoms with Crippen molar-refractivity contribution < 1.29 is 9.47 Å². The molecule has 2 N–H and O–H groups in total. The van der Waals surface area contributed by atoms with Gasteiger partial charge in [0.15, 0.2) is 0 Å². The van der Waals surface area contributed by atoms with Gasteiger partial charge in [0.05, 0.1) is 12.2 Å². The second kappa shape index (κ2) is 6.92. The van der Waals surface area contributed by atoms with E-state index in [-0.39, 0.29) is 12.2 Å². The Morgan fingerprint density at radius 1 is 1.26 bits per heavy atom. The molecule has 0 amide bonds. The van der Waals surface area contributed by atoms with E-state index in [2.05, 4.69) is 38.1 Å². The van der Waals surface area contributed by atoms with E-state index in [1.807, 2.05) is 0 Å². The number of rotatable bonds is 6. The zero-order chi connectivity index (χ0) is 13.7. The molecule has 1 aliphatic heterocycles. The molecule has 0 radical (unpaired) electrons. The molecule has 0 bridgehead atoms. The van der Waals surface area contributed by atoms with E-state index >= 15 is 0 Å². The predicted molar refractivity (Wildman–Crippen MR) is 77.6 cm³/mol. The summed E-state index contributed by atoms with van der Waals surface area (Å²) in [5, 5.41) is 0. The first-order valence-electron chi connectivity index (χ1n) is 7.31. The van der Waals surface area contributed by atoms with Crippen LogP contribution in [0.5, 0.6) is 5.75 Å². The molecule has 19 heavy (non-hydrogen) atoms. The molecule has 3 atom stereocenters. The summed E-state index contributed by atoms with van der Waals surface area (Å²) in [6.07, 6.45) is 3.69. The molecule has 106 valence electrons. The van der Waals surface area contributed by atoms with E-state index in [1.165, 1.54) is 5.56 Å². The van der Waals surface area contributed by atoms with E-state index in [1.54, 1.807) is 0 Å². The zero-order valence-corrected chi connectivity index (χ0v) is 12.0. The summed E-state index contributed by atoms with van der Waals surface area (Å²) >= 11 is 0. The van der Waals surface area contributed by atoms with Gasteiger partial charge in [-0.2, -0.15) is 0 Å². The van der Waals surface area contributed by atoms with Gasteiger partial charge in [0, 0.05) is 6.54 Å². The first kappa shape index (κ1) is 14.4. The Bertz CT molecular complexity index is 377. The van der Waals surface area contributed by atoms with E-state index in [0.717, 1.165) is 25.0 Å². The zero-order valence-electron chi connectivity index (χ0n) is 12.0. The van der Waals surface area contributed by atoms with Crippen LogP contribution in [-0.2, 0) is 4.74 Å². The van der Waals surface area contributed by atoms with Gasteiger partial charge in [-0.3, -0.25) is 0 Å². The Kier molecular flexibility index (Phi) is 5.23. The van der Waals surface area contributed by atoms with Crippen molar-refractivity contribution in [1.29, 1.82) is 0 Å². The van der Waals surface area contributed by atoms with Gasteiger partial charge in [0.25, 0.3) is 0 Å². The standard InChI is InChI=1S/C16H25NO2/c1-3-12(2)13-4-6-14(7-5-13)18-11-16-9-8-15(10-17)19-16/h4-7,12,15-16H,3,8-11,17H2,1-2H3. The average molecular weight is 263 g/mol. The lowest BCUT2D eigenvalue weighted by Crippen LogP contribution is -2.23.